The normalized spacial score (nSPS) is 15.9. The molecule has 32 heavy (non-hydrogen) atoms. The van der Waals surface area contributed by atoms with E-state index in [0.717, 1.165) is 43.0 Å². The highest BCUT2D eigenvalue weighted by molar-refractivity contribution is 5.46. The van der Waals surface area contributed by atoms with E-state index in [0.29, 0.717) is 29.6 Å². The van der Waals surface area contributed by atoms with Crippen molar-refractivity contribution in [3.63, 3.8) is 0 Å². The van der Waals surface area contributed by atoms with E-state index >= 15 is 0 Å². The van der Waals surface area contributed by atoms with Crippen molar-refractivity contribution >= 4 is 5.65 Å². The standard InChI is InChI=1S/C24H32N4O4/c1-15(2)23(25-14-17-6-5-7-20(30-3)24(17)31-4)19-13-22(29)28-21(26-19)12-18(27-28)16-8-10-32-11-9-16/h5-7,12-13,15-16,23,25,27H,8-11,14H2,1-4H3/t23-/m0/s1. The van der Waals surface area contributed by atoms with Crippen molar-refractivity contribution in [2.45, 2.75) is 45.2 Å². The topological polar surface area (TPSA) is 89.9 Å². The van der Waals surface area contributed by atoms with E-state index in [1.165, 1.54) is 4.52 Å². The summed E-state index contributed by atoms with van der Waals surface area (Å²) in [5.41, 5.74) is 3.32. The predicted octanol–water partition coefficient (Wildman–Crippen LogP) is 3.42. The first kappa shape index (κ1) is 22.4. The van der Waals surface area contributed by atoms with Crippen LogP contribution in [0, 0.1) is 5.92 Å². The van der Waals surface area contributed by atoms with E-state index in [9.17, 15) is 4.79 Å². The first-order valence-electron chi connectivity index (χ1n) is 11.2. The van der Waals surface area contributed by atoms with Gasteiger partial charge in [0.25, 0.3) is 5.56 Å². The highest BCUT2D eigenvalue weighted by Crippen LogP contribution is 2.31. The van der Waals surface area contributed by atoms with E-state index in [-0.39, 0.29) is 17.5 Å². The third kappa shape index (κ3) is 4.52. The van der Waals surface area contributed by atoms with Crippen LogP contribution in [-0.2, 0) is 11.3 Å². The van der Waals surface area contributed by atoms with Crippen molar-refractivity contribution < 1.29 is 14.2 Å². The summed E-state index contributed by atoms with van der Waals surface area (Å²) in [7, 11) is 3.27. The van der Waals surface area contributed by atoms with E-state index in [2.05, 4.69) is 24.3 Å². The van der Waals surface area contributed by atoms with Gasteiger partial charge < -0.3 is 19.5 Å². The number of benzene rings is 1. The van der Waals surface area contributed by atoms with Gasteiger partial charge in [-0.2, -0.15) is 0 Å². The predicted molar refractivity (Wildman–Crippen MR) is 123 cm³/mol. The van der Waals surface area contributed by atoms with Crippen molar-refractivity contribution in [3.8, 4) is 11.5 Å². The van der Waals surface area contributed by atoms with Crippen LogP contribution in [0.2, 0.25) is 0 Å². The zero-order valence-corrected chi connectivity index (χ0v) is 19.2. The van der Waals surface area contributed by atoms with Crippen LogP contribution < -0.4 is 20.3 Å². The Morgan fingerprint density at radius 1 is 1.22 bits per heavy atom. The van der Waals surface area contributed by atoms with E-state index < -0.39 is 0 Å². The molecule has 0 amide bonds. The molecule has 1 atom stereocenters. The lowest BCUT2D eigenvalue weighted by Crippen LogP contribution is -2.28. The first-order valence-corrected chi connectivity index (χ1v) is 11.2. The van der Waals surface area contributed by atoms with Crippen molar-refractivity contribution in [3.05, 3.63) is 57.6 Å². The van der Waals surface area contributed by atoms with Gasteiger partial charge in [-0.25, -0.2) is 9.50 Å². The smallest absolute Gasteiger partial charge is 0.272 e. The molecule has 1 aromatic carbocycles. The van der Waals surface area contributed by atoms with Crippen LogP contribution in [0.1, 0.15) is 55.6 Å². The Hall–Kier alpha value is -2.84. The first-order chi connectivity index (χ1) is 15.5. The Labute approximate surface area is 187 Å². The lowest BCUT2D eigenvalue weighted by molar-refractivity contribution is 0.0844. The molecule has 0 saturated carbocycles. The Bertz CT molecular complexity index is 1110. The maximum atomic E-state index is 12.9. The van der Waals surface area contributed by atoms with Crippen molar-refractivity contribution in [2.75, 3.05) is 27.4 Å². The lowest BCUT2D eigenvalue weighted by atomic mass is 9.97. The van der Waals surface area contributed by atoms with Crippen LogP contribution in [0.4, 0.5) is 0 Å². The molecule has 0 aliphatic carbocycles. The maximum absolute atomic E-state index is 12.9. The number of aromatic amines is 1. The van der Waals surface area contributed by atoms with Gasteiger partial charge in [0, 0.05) is 49.1 Å². The summed E-state index contributed by atoms with van der Waals surface area (Å²) in [6, 6.07) is 9.35. The summed E-state index contributed by atoms with van der Waals surface area (Å²) < 4.78 is 18.0. The molecule has 2 aromatic heterocycles. The largest absolute Gasteiger partial charge is 0.493 e. The fraction of sp³-hybridized carbons (Fsp3) is 0.500. The van der Waals surface area contributed by atoms with Crippen molar-refractivity contribution in [1.29, 1.82) is 0 Å². The molecule has 8 heteroatoms. The Kier molecular flexibility index (Phi) is 6.81. The molecule has 4 rings (SSSR count). The maximum Gasteiger partial charge on any atom is 0.272 e. The lowest BCUT2D eigenvalue weighted by Gasteiger charge is -2.23. The summed E-state index contributed by atoms with van der Waals surface area (Å²) in [4.78, 5) is 17.7. The fourth-order valence-corrected chi connectivity index (χ4v) is 4.40. The van der Waals surface area contributed by atoms with Gasteiger partial charge in [-0.15, -0.1) is 0 Å². The summed E-state index contributed by atoms with van der Waals surface area (Å²) in [5, 5.41) is 6.82. The van der Waals surface area contributed by atoms with Gasteiger partial charge in [0.05, 0.1) is 26.0 Å². The van der Waals surface area contributed by atoms with Crippen molar-refractivity contribution in [1.82, 2.24) is 19.9 Å². The van der Waals surface area contributed by atoms with E-state index in [1.807, 2.05) is 24.3 Å². The second-order valence-electron chi connectivity index (χ2n) is 8.57. The molecule has 172 valence electrons. The number of methoxy groups -OCH3 is 2. The fourth-order valence-electron chi connectivity index (χ4n) is 4.40. The molecule has 0 spiro atoms. The molecular weight excluding hydrogens is 408 g/mol. The minimum absolute atomic E-state index is 0.0926. The number of aromatic nitrogens is 3. The minimum atomic E-state index is -0.102. The monoisotopic (exact) mass is 440 g/mol. The number of ether oxygens (including phenoxy) is 3. The van der Waals surface area contributed by atoms with Crippen LogP contribution in [0.3, 0.4) is 0 Å². The second kappa shape index (κ2) is 9.75. The molecule has 8 nitrogen and oxygen atoms in total. The number of nitrogens with one attached hydrogen (secondary N) is 2. The SMILES string of the molecule is COc1cccc(CN[C@H](c2cc(=O)n3[nH]c(C4CCOCC4)cc3n2)C(C)C)c1OC. The number of hydrogen-bond donors (Lipinski definition) is 2. The number of para-hydroxylation sites is 1. The van der Waals surface area contributed by atoms with Crippen LogP contribution >= 0.6 is 0 Å². The van der Waals surface area contributed by atoms with E-state index in [1.54, 1.807) is 20.3 Å². The van der Waals surface area contributed by atoms with Gasteiger partial charge in [0.1, 0.15) is 0 Å². The summed E-state index contributed by atoms with van der Waals surface area (Å²) in [6.07, 6.45) is 1.90. The molecule has 0 radical (unpaired) electrons. The van der Waals surface area contributed by atoms with Crippen LogP contribution in [0.15, 0.2) is 35.1 Å². The average molecular weight is 441 g/mol. The number of hydrogen-bond acceptors (Lipinski definition) is 6. The number of nitrogens with zero attached hydrogens (tertiary/aromatic N) is 2. The molecule has 3 heterocycles. The highest BCUT2D eigenvalue weighted by Gasteiger charge is 2.22. The Morgan fingerprint density at radius 2 is 2.00 bits per heavy atom. The zero-order valence-electron chi connectivity index (χ0n) is 19.2. The number of H-pyrrole nitrogens is 1. The number of fused-ring (bicyclic) bond motifs is 1. The van der Waals surface area contributed by atoms with E-state index in [4.69, 9.17) is 19.2 Å². The zero-order chi connectivity index (χ0) is 22.7. The van der Waals surface area contributed by atoms with Gasteiger partial charge in [-0.3, -0.25) is 9.89 Å². The van der Waals surface area contributed by atoms with Gasteiger partial charge in [0.2, 0.25) is 0 Å². The Morgan fingerprint density at radius 3 is 2.69 bits per heavy atom. The average Bonchev–Trinajstić information content (AvgIpc) is 3.24. The molecule has 1 aliphatic heterocycles. The van der Waals surface area contributed by atoms with Crippen LogP contribution in [0.25, 0.3) is 5.65 Å². The molecule has 1 fully saturated rings. The van der Waals surface area contributed by atoms with Crippen LogP contribution in [-0.4, -0.2) is 42.0 Å². The molecular formula is C24H32N4O4. The minimum Gasteiger partial charge on any atom is -0.493 e. The molecule has 0 unspecified atom stereocenters. The van der Waals surface area contributed by atoms with Crippen molar-refractivity contribution in [2.24, 2.45) is 5.92 Å². The quantitative estimate of drug-likeness (QED) is 0.558. The molecule has 2 N–H and O–H groups in total. The van der Waals surface area contributed by atoms with Gasteiger partial charge in [-0.05, 0) is 24.8 Å². The summed E-state index contributed by atoms with van der Waals surface area (Å²) >= 11 is 0. The molecule has 3 aromatic rings. The summed E-state index contributed by atoms with van der Waals surface area (Å²) in [6.45, 7) is 6.30. The van der Waals surface area contributed by atoms with Gasteiger partial charge in [-0.1, -0.05) is 26.0 Å². The highest BCUT2D eigenvalue weighted by atomic mass is 16.5. The molecule has 1 saturated heterocycles. The van der Waals surface area contributed by atoms with Gasteiger partial charge in [0.15, 0.2) is 17.1 Å². The second-order valence-corrected chi connectivity index (χ2v) is 8.57. The summed E-state index contributed by atoms with van der Waals surface area (Å²) in [5.74, 6) is 2.00. The third-order valence-corrected chi connectivity index (χ3v) is 6.13. The van der Waals surface area contributed by atoms with Crippen LogP contribution in [0.5, 0.6) is 11.5 Å². The third-order valence-electron chi connectivity index (χ3n) is 6.13. The Balaban J connectivity index is 1.61. The van der Waals surface area contributed by atoms with Gasteiger partial charge >= 0.3 is 0 Å². The molecule has 0 bridgehead atoms. The number of rotatable bonds is 8. The molecule has 1 aliphatic rings.